The van der Waals surface area contributed by atoms with E-state index in [-0.39, 0.29) is 11.7 Å². The first-order valence-electron chi connectivity index (χ1n) is 7.23. The fourth-order valence-electron chi connectivity index (χ4n) is 2.50. The van der Waals surface area contributed by atoms with Crippen LogP contribution in [0.3, 0.4) is 0 Å². The van der Waals surface area contributed by atoms with Gasteiger partial charge in [-0.3, -0.25) is 4.79 Å². The molecule has 0 fully saturated rings. The lowest BCUT2D eigenvalue weighted by atomic mass is 9.92. The van der Waals surface area contributed by atoms with Crippen LogP contribution in [0.1, 0.15) is 56.2 Å². The molecule has 0 N–H and O–H groups in total. The third-order valence-corrected chi connectivity index (χ3v) is 3.67. The zero-order chi connectivity index (χ0) is 13.8. The number of benzene rings is 1. The number of ketones is 1. The van der Waals surface area contributed by atoms with Gasteiger partial charge in [0.15, 0.2) is 5.78 Å². The molecule has 1 unspecified atom stereocenters. The van der Waals surface area contributed by atoms with E-state index in [1.165, 1.54) is 0 Å². The van der Waals surface area contributed by atoms with Gasteiger partial charge in [0.1, 0.15) is 11.3 Å². The number of carbonyl (C=O) groups is 1. The van der Waals surface area contributed by atoms with Crippen LogP contribution in [0.2, 0.25) is 0 Å². The lowest BCUT2D eigenvalue weighted by Gasteiger charge is -2.09. The molecule has 0 saturated heterocycles. The van der Waals surface area contributed by atoms with E-state index in [1.807, 2.05) is 38.1 Å². The number of unbranched alkanes of at least 4 members (excludes halogenated alkanes) is 1. The zero-order valence-corrected chi connectivity index (χ0v) is 12.0. The molecule has 0 amide bonds. The van der Waals surface area contributed by atoms with Crippen LogP contribution in [0, 0.1) is 5.92 Å². The predicted molar refractivity (Wildman–Crippen MR) is 78.6 cm³/mol. The van der Waals surface area contributed by atoms with Crippen LogP contribution in [0.5, 0.6) is 0 Å². The molecule has 2 aromatic rings. The molecule has 2 rings (SSSR count). The van der Waals surface area contributed by atoms with Crippen LogP contribution in [-0.2, 0) is 6.42 Å². The van der Waals surface area contributed by atoms with Gasteiger partial charge in [0, 0.05) is 17.7 Å². The molecule has 2 heteroatoms. The minimum Gasteiger partial charge on any atom is -0.460 e. The first kappa shape index (κ1) is 13.9. The van der Waals surface area contributed by atoms with Gasteiger partial charge < -0.3 is 4.42 Å². The normalized spacial score (nSPS) is 12.8. The summed E-state index contributed by atoms with van der Waals surface area (Å²) < 4.78 is 5.80. The molecule has 102 valence electrons. The SMILES string of the molecule is CCCCC(C)C(=O)c1c(CC)oc2ccccc12. The van der Waals surface area contributed by atoms with Gasteiger partial charge in [0.2, 0.25) is 0 Å². The average molecular weight is 258 g/mol. The van der Waals surface area contributed by atoms with E-state index in [0.29, 0.717) is 0 Å². The van der Waals surface area contributed by atoms with Crippen molar-refractivity contribution in [1.29, 1.82) is 0 Å². The molecule has 0 radical (unpaired) electrons. The van der Waals surface area contributed by atoms with Crippen molar-refractivity contribution in [3.05, 3.63) is 35.6 Å². The number of fused-ring (bicyclic) bond motifs is 1. The van der Waals surface area contributed by atoms with Crippen molar-refractivity contribution in [2.75, 3.05) is 0 Å². The monoisotopic (exact) mass is 258 g/mol. The Kier molecular flexibility index (Phi) is 4.41. The van der Waals surface area contributed by atoms with E-state index in [2.05, 4.69) is 6.92 Å². The highest BCUT2D eigenvalue weighted by Gasteiger charge is 2.23. The lowest BCUT2D eigenvalue weighted by Crippen LogP contribution is -2.12. The predicted octanol–water partition coefficient (Wildman–Crippen LogP) is 5.00. The summed E-state index contributed by atoms with van der Waals surface area (Å²) in [5, 5.41) is 0.965. The van der Waals surface area contributed by atoms with Gasteiger partial charge in [-0.1, -0.05) is 51.8 Å². The van der Waals surface area contributed by atoms with Gasteiger partial charge in [-0.25, -0.2) is 0 Å². The molecule has 1 aromatic heterocycles. The molecule has 0 aliphatic carbocycles. The van der Waals surface area contributed by atoms with Crippen LogP contribution in [0.25, 0.3) is 11.0 Å². The van der Waals surface area contributed by atoms with Crippen LogP contribution in [0.15, 0.2) is 28.7 Å². The largest absolute Gasteiger partial charge is 0.460 e. The topological polar surface area (TPSA) is 30.2 Å². The van der Waals surface area contributed by atoms with E-state index in [9.17, 15) is 4.79 Å². The molecule has 1 atom stereocenters. The van der Waals surface area contributed by atoms with Crippen molar-refractivity contribution in [2.45, 2.75) is 46.5 Å². The summed E-state index contributed by atoms with van der Waals surface area (Å²) >= 11 is 0. The summed E-state index contributed by atoms with van der Waals surface area (Å²) in [6.07, 6.45) is 3.95. The maximum Gasteiger partial charge on any atom is 0.169 e. The molecular formula is C17H22O2. The molecule has 0 aliphatic heterocycles. The highest BCUT2D eigenvalue weighted by Crippen LogP contribution is 2.29. The first-order valence-corrected chi connectivity index (χ1v) is 7.23. The zero-order valence-electron chi connectivity index (χ0n) is 12.0. The summed E-state index contributed by atoms with van der Waals surface area (Å²) in [6, 6.07) is 7.82. The van der Waals surface area contributed by atoms with E-state index in [0.717, 1.165) is 48.0 Å². The highest BCUT2D eigenvalue weighted by molar-refractivity contribution is 6.09. The fourth-order valence-corrected chi connectivity index (χ4v) is 2.50. The van der Waals surface area contributed by atoms with Crippen LogP contribution in [0.4, 0.5) is 0 Å². The van der Waals surface area contributed by atoms with Crippen molar-refractivity contribution in [3.63, 3.8) is 0 Å². The second-order valence-electron chi connectivity index (χ2n) is 5.16. The molecular weight excluding hydrogens is 236 g/mol. The Bertz CT molecular complexity index is 566. The molecule has 0 aliphatic rings. The van der Waals surface area contributed by atoms with E-state index in [1.54, 1.807) is 0 Å². The molecule has 1 heterocycles. The second-order valence-corrected chi connectivity index (χ2v) is 5.16. The van der Waals surface area contributed by atoms with Crippen molar-refractivity contribution in [2.24, 2.45) is 5.92 Å². The third kappa shape index (κ3) is 2.73. The molecule has 0 saturated carbocycles. The number of carbonyl (C=O) groups excluding carboxylic acids is 1. The Hall–Kier alpha value is -1.57. The van der Waals surface area contributed by atoms with Crippen molar-refractivity contribution in [3.8, 4) is 0 Å². The minimum atomic E-state index is 0.0752. The summed E-state index contributed by atoms with van der Waals surface area (Å²) in [5.74, 6) is 1.14. The van der Waals surface area contributed by atoms with Crippen LogP contribution < -0.4 is 0 Å². The Labute approximate surface area is 114 Å². The second kappa shape index (κ2) is 6.05. The Morgan fingerprint density at radius 2 is 2.00 bits per heavy atom. The number of hydrogen-bond donors (Lipinski definition) is 0. The quantitative estimate of drug-likeness (QED) is 0.682. The molecule has 0 spiro atoms. The van der Waals surface area contributed by atoms with E-state index in [4.69, 9.17) is 4.42 Å². The number of hydrogen-bond acceptors (Lipinski definition) is 2. The van der Waals surface area contributed by atoms with Gasteiger partial charge in [0.05, 0.1) is 5.56 Å². The van der Waals surface area contributed by atoms with E-state index < -0.39 is 0 Å². The van der Waals surface area contributed by atoms with Gasteiger partial charge >= 0.3 is 0 Å². The lowest BCUT2D eigenvalue weighted by molar-refractivity contribution is 0.0922. The summed E-state index contributed by atoms with van der Waals surface area (Å²) in [7, 11) is 0. The molecule has 1 aromatic carbocycles. The third-order valence-electron chi connectivity index (χ3n) is 3.67. The van der Waals surface area contributed by atoms with Crippen LogP contribution >= 0.6 is 0 Å². The Morgan fingerprint density at radius 3 is 2.68 bits per heavy atom. The van der Waals surface area contributed by atoms with Gasteiger partial charge in [0.25, 0.3) is 0 Å². The fraction of sp³-hybridized carbons (Fsp3) is 0.471. The van der Waals surface area contributed by atoms with Crippen molar-refractivity contribution in [1.82, 2.24) is 0 Å². The molecule has 0 bridgehead atoms. The van der Waals surface area contributed by atoms with E-state index >= 15 is 0 Å². The Balaban J connectivity index is 2.39. The minimum absolute atomic E-state index is 0.0752. The number of rotatable bonds is 6. The van der Waals surface area contributed by atoms with Gasteiger partial charge in [-0.2, -0.15) is 0 Å². The van der Waals surface area contributed by atoms with Gasteiger partial charge in [-0.15, -0.1) is 0 Å². The number of para-hydroxylation sites is 1. The maximum absolute atomic E-state index is 12.6. The first-order chi connectivity index (χ1) is 9.19. The van der Waals surface area contributed by atoms with Crippen molar-refractivity contribution < 1.29 is 9.21 Å². The Morgan fingerprint density at radius 1 is 1.26 bits per heavy atom. The van der Waals surface area contributed by atoms with Gasteiger partial charge in [-0.05, 0) is 12.5 Å². The summed E-state index contributed by atoms with van der Waals surface area (Å²) in [5.41, 5.74) is 1.63. The number of Topliss-reactive ketones (excluding diaryl/α,β-unsaturated/α-hetero) is 1. The average Bonchev–Trinajstić information content (AvgIpc) is 2.82. The smallest absolute Gasteiger partial charge is 0.169 e. The van der Waals surface area contributed by atoms with Crippen LogP contribution in [-0.4, -0.2) is 5.78 Å². The molecule has 19 heavy (non-hydrogen) atoms. The van der Waals surface area contributed by atoms with Crippen molar-refractivity contribution >= 4 is 16.8 Å². The number of furan rings is 1. The molecule has 2 nitrogen and oxygen atoms in total. The highest BCUT2D eigenvalue weighted by atomic mass is 16.3. The standard InChI is InChI=1S/C17H22O2/c1-4-6-9-12(3)17(18)16-13-10-7-8-11-15(13)19-14(16)5-2/h7-8,10-12H,4-6,9H2,1-3H3. The summed E-state index contributed by atoms with van der Waals surface area (Å²) in [6.45, 7) is 6.21. The maximum atomic E-state index is 12.6. The summed E-state index contributed by atoms with van der Waals surface area (Å²) in [4.78, 5) is 12.6. The number of aryl methyl sites for hydroxylation is 1.